The lowest BCUT2D eigenvalue weighted by Crippen LogP contribution is -2.07. The van der Waals surface area contributed by atoms with Gasteiger partial charge in [0.25, 0.3) is 0 Å². The van der Waals surface area contributed by atoms with Crippen LogP contribution in [0, 0.1) is 0 Å². The van der Waals surface area contributed by atoms with Crippen molar-refractivity contribution in [1.29, 1.82) is 0 Å². The maximum atomic E-state index is 2.73. The van der Waals surface area contributed by atoms with E-state index < -0.39 is 0 Å². The average molecular weight is 347 g/mol. The number of hydrogen-bond donors (Lipinski definition) is 1. The lowest BCUT2D eigenvalue weighted by molar-refractivity contribution is 0.538. The molecule has 1 aromatic heterocycles. The zero-order chi connectivity index (χ0) is 16.6. The van der Waals surface area contributed by atoms with E-state index in [-0.39, 0.29) is 6.15 Å². The third-order valence-corrected chi connectivity index (χ3v) is 6.45. The van der Waals surface area contributed by atoms with Crippen molar-refractivity contribution in [3.8, 4) is 11.3 Å². The number of benzene rings is 2. The van der Waals surface area contributed by atoms with Crippen LogP contribution in [-0.2, 0) is 0 Å². The molecule has 0 aliphatic heterocycles. The Kier molecular flexibility index (Phi) is 4.86. The van der Waals surface area contributed by atoms with Crippen molar-refractivity contribution in [2.24, 2.45) is 0 Å². The molecular formula is C24H30N2. The number of rotatable bonds is 3. The van der Waals surface area contributed by atoms with Gasteiger partial charge in [0.1, 0.15) is 0 Å². The number of aromatic nitrogens is 1. The molecule has 0 saturated heterocycles. The van der Waals surface area contributed by atoms with E-state index in [1.165, 1.54) is 73.5 Å². The molecule has 2 saturated carbocycles. The Labute approximate surface area is 156 Å². The highest BCUT2D eigenvalue weighted by Gasteiger charge is 2.30. The van der Waals surface area contributed by atoms with Crippen molar-refractivity contribution in [2.75, 3.05) is 0 Å². The first-order chi connectivity index (χ1) is 12.4. The standard InChI is InChI=1S/C24H27N.H3N/c1-2-12-19(13-3-1)24-23(18-10-4-5-11-18)21-16-8-9-17-22(21)25(24)20-14-6-7-15-20;/h1-3,8-9,12-13,16-18,20H,4-7,10-11,14-15H2;1H3. The summed E-state index contributed by atoms with van der Waals surface area (Å²) in [5.41, 5.74) is 6.05. The molecule has 0 bridgehead atoms. The van der Waals surface area contributed by atoms with Gasteiger partial charge < -0.3 is 10.7 Å². The molecule has 0 unspecified atom stereocenters. The van der Waals surface area contributed by atoms with Gasteiger partial charge in [-0.25, -0.2) is 0 Å². The number of fused-ring (bicyclic) bond motifs is 1. The Hall–Kier alpha value is -2.06. The summed E-state index contributed by atoms with van der Waals surface area (Å²) < 4.78 is 2.73. The lowest BCUT2D eigenvalue weighted by Gasteiger charge is -2.20. The van der Waals surface area contributed by atoms with E-state index in [9.17, 15) is 0 Å². The Bertz CT molecular complexity index is 813. The zero-order valence-corrected chi connectivity index (χ0v) is 15.7. The van der Waals surface area contributed by atoms with Gasteiger partial charge in [-0.15, -0.1) is 0 Å². The number of hydrogen-bond acceptors (Lipinski definition) is 1. The summed E-state index contributed by atoms with van der Waals surface area (Å²) in [7, 11) is 0. The summed E-state index contributed by atoms with van der Waals surface area (Å²) in [5.74, 6) is 0.739. The van der Waals surface area contributed by atoms with Gasteiger partial charge in [-0.05, 0) is 48.8 Å². The Morgan fingerprint density at radius 3 is 2.04 bits per heavy atom. The smallest absolute Gasteiger partial charge is 0.0529 e. The molecule has 2 aliphatic rings. The van der Waals surface area contributed by atoms with E-state index >= 15 is 0 Å². The van der Waals surface area contributed by atoms with Gasteiger partial charge in [0.05, 0.1) is 5.69 Å². The van der Waals surface area contributed by atoms with Crippen LogP contribution in [0.25, 0.3) is 22.2 Å². The van der Waals surface area contributed by atoms with Crippen molar-refractivity contribution in [3.05, 3.63) is 60.2 Å². The lowest BCUT2D eigenvalue weighted by atomic mass is 9.92. The first-order valence-corrected chi connectivity index (χ1v) is 10.1. The van der Waals surface area contributed by atoms with E-state index in [0.717, 1.165) is 5.92 Å². The molecule has 5 rings (SSSR count). The van der Waals surface area contributed by atoms with E-state index in [4.69, 9.17) is 0 Å². The van der Waals surface area contributed by atoms with Gasteiger partial charge >= 0.3 is 0 Å². The van der Waals surface area contributed by atoms with E-state index in [1.807, 2.05) is 0 Å². The van der Waals surface area contributed by atoms with Crippen LogP contribution in [0.5, 0.6) is 0 Å². The molecule has 2 fully saturated rings. The molecule has 2 aromatic carbocycles. The summed E-state index contributed by atoms with van der Waals surface area (Å²) >= 11 is 0. The molecular weight excluding hydrogens is 316 g/mol. The van der Waals surface area contributed by atoms with Crippen LogP contribution in [0.2, 0.25) is 0 Å². The minimum Gasteiger partial charge on any atom is -0.344 e. The first kappa shape index (κ1) is 17.4. The highest BCUT2D eigenvalue weighted by Crippen LogP contribution is 2.47. The second-order valence-electron chi connectivity index (χ2n) is 7.94. The van der Waals surface area contributed by atoms with Gasteiger partial charge in [0, 0.05) is 16.9 Å². The van der Waals surface area contributed by atoms with E-state index in [1.54, 1.807) is 5.56 Å². The van der Waals surface area contributed by atoms with Crippen molar-refractivity contribution >= 4 is 10.9 Å². The molecule has 0 radical (unpaired) electrons. The van der Waals surface area contributed by atoms with Gasteiger partial charge in [-0.1, -0.05) is 74.2 Å². The number of nitrogens with zero attached hydrogens (tertiary/aromatic N) is 1. The fraction of sp³-hybridized carbons (Fsp3) is 0.417. The molecule has 136 valence electrons. The summed E-state index contributed by atoms with van der Waals surface area (Å²) in [5, 5.41) is 1.51. The molecule has 0 amide bonds. The van der Waals surface area contributed by atoms with Crippen molar-refractivity contribution < 1.29 is 0 Å². The van der Waals surface area contributed by atoms with Crippen molar-refractivity contribution in [1.82, 2.24) is 10.7 Å². The largest absolute Gasteiger partial charge is 0.344 e. The average Bonchev–Trinajstić information content (AvgIpc) is 3.40. The number of para-hydroxylation sites is 1. The molecule has 0 spiro atoms. The van der Waals surface area contributed by atoms with Gasteiger partial charge in [0.15, 0.2) is 0 Å². The topological polar surface area (TPSA) is 39.9 Å². The fourth-order valence-corrected chi connectivity index (χ4v) is 5.35. The summed E-state index contributed by atoms with van der Waals surface area (Å²) in [6.07, 6.45) is 10.9. The van der Waals surface area contributed by atoms with Crippen LogP contribution in [0.1, 0.15) is 68.9 Å². The van der Waals surface area contributed by atoms with Crippen LogP contribution in [0.3, 0.4) is 0 Å². The molecule has 1 heterocycles. The Balaban J connectivity index is 0.00000168. The maximum Gasteiger partial charge on any atom is 0.0529 e. The monoisotopic (exact) mass is 346 g/mol. The van der Waals surface area contributed by atoms with Crippen LogP contribution >= 0.6 is 0 Å². The summed E-state index contributed by atoms with van der Waals surface area (Å²) in [4.78, 5) is 0. The highest BCUT2D eigenvalue weighted by molar-refractivity contribution is 5.92. The third kappa shape index (κ3) is 2.77. The maximum absolute atomic E-state index is 2.73. The Morgan fingerprint density at radius 2 is 1.31 bits per heavy atom. The quantitative estimate of drug-likeness (QED) is 0.533. The van der Waals surface area contributed by atoms with Crippen LogP contribution < -0.4 is 6.15 Å². The van der Waals surface area contributed by atoms with E-state index in [2.05, 4.69) is 59.2 Å². The predicted octanol–water partition coefficient (Wildman–Crippen LogP) is 7.24. The second-order valence-corrected chi connectivity index (χ2v) is 7.94. The van der Waals surface area contributed by atoms with Gasteiger partial charge in [0.2, 0.25) is 0 Å². The normalized spacial score (nSPS) is 18.5. The van der Waals surface area contributed by atoms with Crippen molar-refractivity contribution in [2.45, 2.75) is 63.3 Å². The molecule has 26 heavy (non-hydrogen) atoms. The minimum atomic E-state index is 0. The summed E-state index contributed by atoms with van der Waals surface area (Å²) in [6, 6.07) is 21.0. The molecule has 0 atom stereocenters. The predicted molar refractivity (Wildman–Crippen MR) is 111 cm³/mol. The van der Waals surface area contributed by atoms with Crippen molar-refractivity contribution in [3.63, 3.8) is 0 Å². The third-order valence-electron chi connectivity index (χ3n) is 6.45. The van der Waals surface area contributed by atoms with Gasteiger partial charge in [-0.3, -0.25) is 0 Å². The van der Waals surface area contributed by atoms with Crippen LogP contribution in [0.4, 0.5) is 0 Å². The van der Waals surface area contributed by atoms with Crippen LogP contribution in [0.15, 0.2) is 54.6 Å². The molecule has 3 aromatic rings. The van der Waals surface area contributed by atoms with Gasteiger partial charge in [-0.2, -0.15) is 0 Å². The molecule has 3 N–H and O–H groups in total. The fourth-order valence-electron chi connectivity index (χ4n) is 5.35. The Morgan fingerprint density at radius 1 is 0.692 bits per heavy atom. The molecule has 2 heteroatoms. The highest BCUT2D eigenvalue weighted by atomic mass is 15.0. The second kappa shape index (κ2) is 7.28. The van der Waals surface area contributed by atoms with E-state index in [0.29, 0.717) is 6.04 Å². The zero-order valence-electron chi connectivity index (χ0n) is 15.7. The van der Waals surface area contributed by atoms with Crippen LogP contribution in [-0.4, -0.2) is 4.57 Å². The summed E-state index contributed by atoms with van der Waals surface area (Å²) in [6.45, 7) is 0. The molecule has 2 aliphatic carbocycles. The first-order valence-electron chi connectivity index (χ1n) is 10.1. The SMILES string of the molecule is N.c1ccc(-c2c(C3CCCC3)c3ccccc3n2C2CCCC2)cc1. The minimum absolute atomic E-state index is 0. The molecule has 2 nitrogen and oxygen atoms in total.